The van der Waals surface area contributed by atoms with Gasteiger partial charge in [-0.15, -0.1) is 0 Å². The summed E-state index contributed by atoms with van der Waals surface area (Å²) >= 11 is 22.2. The molecule has 0 atom stereocenters. The quantitative estimate of drug-likeness (QED) is 0.553. The third-order valence-corrected chi connectivity index (χ3v) is 5.05. The van der Waals surface area contributed by atoms with Gasteiger partial charge in [0.25, 0.3) is 0 Å². The van der Waals surface area contributed by atoms with E-state index in [1.54, 1.807) is 30.3 Å². The van der Waals surface area contributed by atoms with Gasteiger partial charge in [-0.2, -0.15) is 0 Å². The Bertz CT molecular complexity index is 768. The zero-order valence-corrected chi connectivity index (χ0v) is 14.8. The van der Waals surface area contributed by atoms with Gasteiger partial charge in [0.2, 0.25) is 21.0 Å². The van der Waals surface area contributed by atoms with Crippen LogP contribution in [0.4, 0.5) is 0 Å². The molecule has 0 saturated heterocycles. The third kappa shape index (κ3) is 2.64. The number of carbonyl (C=O) groups is 4. The summed E-state index contributed by atoms with van der Waals surface area (Å²) < 4.78 is 0. The zero-order chi connectivity index (χ0) is 18.1. The molecule has 0 aromatic heterocycles. The molecule has 4 nitrogen and oxygen atoms in total. The Hall–Kier alpha value is -1.46. The van der Waals surface area contributed by atoms with Gasteiger partial charge in [-0.05, 0) is 57.5 Å². The topological polar surface area (TPSA) is 68.3 Å². The van der Waals surface area contributed by atoms with Gasteiger partial charge in [-0.1, -0.05) is 48.6 Å². The Balaban J connectivity index is 2.85. The summed E-state index contributed by atoms with van der Waals surface area (Å²) in [5.74, 6) is 0. The number of allylic oxidation sites excluding steroid dienone is 4. The van der Waals surface area contributed by atoms with E-state index in [1.165, 1.54) is 6.08 Å². The molecule has 0 spiro atoms. The first-order chi connectivity index (χ1) is 11.2. The average Bonchev–Trinajstić information content (AvgIpc) is 2.53. The van der Waals surface area contributed by atoms with Crippen LogP contribution in [0.25, 0.3) is 5.57 Å². The minimum Gasteiger partial charge on any atom is -0.280 e. The van der Waals surface area contributed by atoms with E-state index in [9.17, 15) is 19.2 Å². The van der Waals surface area contributed by atoms with Crippen molar-refractivity contribution in [3.8, 4) is 0 Å². The molecule has 0 aliphatic heterocycles. The highest BCUT2D eigenvalue weighted by Gasteiger charge is 2.66. The van der Waals surface area contributed by atoms with Gasteiger partial charge >= 0.3 is 0 Å². The van der Waals surface area contributed by atoms with Crippen molar-refractivity contribution in [1.82, 2.24) is 0 Å². The highest BCUT2D eigenvalue weighted by Crippen LogP contribution is 2.53. The maximum atomic E-state index is 12.1. The second-order valence-corrected chi connectivity index (χ2v) is 6.38. The second kappa shape index (κ2) is 6.81. The number of halogens is 4. The van der Waals surface area contributed by atoms with Gasteiger partial charge in [0.1, 0.15) is 0 Å². The van der Waals surface area contributed by atoms with Gasteiger partial charge in [0.15, 0.2) is 10.8 Å². The van der Waals surface area contributed by atoms with Crippen LogP contribution in [0.5, 0.6) is 0 Å². The summed E-state index contributed by atoms with van der Waals surface area (Å²) in [6.45, 7) is 0. The minimum absolute atomic E-state index is 0.352. The van der Waals surface area contributed by atoms with Crippen molar-refractivity contribution < 1.29 is 19.2 Å². The van der Waals surface area contributed by atoms with E-state index in [-0.39, 0.29) is 0 Å². The standard InChI is InChI=1S/C16H8Cl4O4/c17-11(21)15(12(18)22)7-6-10(9-4-2-1-3-5-9)8-16(15,13(19)23)14(20)24/h1-8H. The molecule has 124 valence electrons. The van der Waals surface area contributed by atoms with Crippen molar-refractivity contribution in [2.75, 3.05) is 0 Å². The predicted molar refractivity (Wildman–Crippen MR) is 91.9 cm³/mol. The Morgan fingerprint density at radius 2 is 1.17 bits per heavy atom. The highest BCUT2D eigenvalue weighted by atomic mass is 35.5. The Kier molecular flexibility index (Phi) is 5.35. The van der Waals surface area contributed by atoms with Crippen molar-refractivity contribution in [3.05, 3.63) is 54.1 Å². The summed E-state index contributed by atoms with van der Waals surface area (Å²) in [6.07, 6.45) is 3.39. The number of benzene rings is 1. The van der Waals surface area contributed by atoms with E-state index in [1.807, 2.05) is 0 Å². The SMILES string of the molecule is O=C(Cl)C1(C(=O)Cl)C=CC(c2ccccc2)=CC1(C(=O)Cl)C(=O)Cl. The van der Waals surface area contributed by atoms with Crippen LogP contribution >= 0.6 is 46.4 Å². The molecule has 0 radical (unpaired) electrons. The lowest BCUT2D eigenvalue weighted by molar-refractivity contribution is -0.146. The molecule has 0 N–H and O–H groups in total. The van der Waals surface area contributed by atoms with Crippen LogP contribution in [-0.2, 0) is 19.2 Å². The smallest absolute Gasteiger partial charge is 0.242 e. The van der Waals surface area contributed by atoms with Crippen molar-refractivity contribution in [1.29, 1.82) is 0 Å². The van der Waals surface area contributed by atoms with Crippen molar-refractivity contribution >= 4 is 72.9 Å². The lowest BCUT2D eigenvalue weighted by Crippen LogP contribution is -2.55. The molecular formula is C16H8Cl4O4. The van der Waals surface area contributed by atoms with E-state index in [0.717, 1.165) is 12.2 Å². The van der Waals surface area contributed by atoms with Crippen molar-refractivity contribution in [3.63, 3.8) is 0 Å². The first-order valence-corrected chi connectivity index (χ1v) is 7.98. The number of hydrogen-bond acceptors (Lipinski definition) is 4. The zero-order valence-electron chi connectivity index (χ0n) is 11.8. The van der Waals surface area contributed by atoms with Crippen molar-refractivity contribution in [2.45, 2.75) is 0 Å². The van der Waals surface area contributed by atoms with Crippen LogP contribution in [-0.4, -0.2) is 21.0 Å². The van der Waals surface area contributed by atoms with Crippen LogP contribution in [0.3, 0.4) is 0 Å². The van der Waals surface area contributed by atoms with Gasteiger partial charge in [0.05, 0.1) is 0 Å². The lowest BCUT2D eigenvalue weighted by Gasteiger charge is -2.39. The second-order valence-electron chi connectivity index (χ2n) is 5.01. The minimum atomic E-state index is -2.55. The monoisotopic (exact) mass is 404 g/mol. The molecule has 8 heteroatoms. The van der Waals surface area contributed by atoms with Gasteiger partial charge in [0, 0.05) is 0 Å². The summed E-state index contributed by atoms with van der Waals surface area (Å²) in [7, 11) is 0. The highest BCUT2D eigenvalue weighted by molar-refractivity contribution is 6.81. The first kappa shape index (κ1) is 18.9. The molecule has 0 saturated carbocycles. The van der Waals surface area contributed by atoms with E-state index in [4.69, 9.17) is 46.4 Å². The molecular weight excluding hydrogens is 398 g/mol. The summed E-state index contributed by atoms with van der Waals surface area (Å²) in [6, 6.07) is 8.58. The average molecular weight is 406 g/mol. The number of rotatable bonds is 5. The fourth-order valence-corrected chi connectivity index (χ4v) is 3.84. The Morgan fingerprint density at radius 3 is 1.58 bits per heavy atom. The van der Waals surface area contributed by atoms with Gasteiger partial charge in [-0.25, -0.2) is 0 Å². The summed E-state index contributed by atoms with van der Waals surface area (Å²) in [5.41, 5.74) is -4.11. The van der Waals surface area contributed by atoms with Crippen LogP contribution in [0.2, 0.25) is 0 Å². The molecule has 1 aliphatic carbocycles. The predicted octanol–water partition coefficient (Wildman–Crippen LogP) is 3.67. The molecule has 0 unspecified atom stereocenters. The first-order valence-electron chi connectivity index (χ1n) is 6.47. The molecule has 0 heterocycles. The van der Waals surface area contributed by atoms with Crippen LogP contribution in [0.15, 0.2) is 48.6 Å². The van der Waals surface area contributed by atoms with Crippen LogP contribution in [0.1, 0.15) is 5.56 Å². The van der Waals surface area contributed by atoms with Gasteiger partial charge < -0.3 is 0 Å². The normalized spacial score (nSPS) is 17.8. The third-order valence-electron chi connectivity index (χ3n) is 3.85. The van der Waals surface area contributed by atoms with E-state index in [2.05, 4.69) is 0 Å². The molecule has 1 aromatic rings. The Morgan fingerprint density at radius 1 is 0.708 bits per heavy atom. The maximum Gasteiger partial charge on any atom is 0.242 e. The molecule has 24 heavy (non-hydrogen) atoms. The summed E-state index contributed by atoms with van der Waals surface area (Å²) in [4.78, 5) is 48.2. The largest absolute Gasteiger partial charge is 0.280 e. The Labute approximate surface area is 157 Å². The van der Waals surface area contributed by atoms with Crippen LogP contribution < -0.4 is 0 Å². The molecule has 0 fully saturated rings. The van der Waals surface area contributed by atoms with Gasteiger partial charge in [-0.3, -0.25) is 19.2 Å². The van der Waals surface area contributed by atoms with Crippen molar-refractivity contribution in [2.24, 2.45) is 10.8 Å². The summed E-state index contributed by atoms with van der Waals surface area (Å²) in [5, 5.41) is -5.37. The lowest BCUT2D eigenvalue weighted by atomic mass is 9.62. The number of carbonyl (C=O) groups excluding carboxylic acids is 4. The fraction of sp³-hybridized carbons (Fsp3) is 0.125. The fourth-order valence-electron chi connectivity index (χ4n) is 2.57. The molecule has 2 rings (SSSR count). The molecule has 0 bridgehead atoms. The maximum absolute atomic E-state index is 12.1. The number of hydrogen-bond donors (Lipinski definition) is 0. The van der Waals surface area contributed by atoms with Crippen LogP contribution in [0, 0.1) is 10.8 Å². The molecule has 1 aliphatic rings. The van der Waals surface area contributed by atoms with E-state index < -0.39 is 31.8 Å². The molecule has 1 aromatic carbocycles. The van der Waals surface area contributed by atoms with E-state index in [0.29, 0.717) is 11.1 Å². The van der Waals surface area contributed by atoms with E-state index >= 15 is 0 Å². The molecule has 0 amide bonds.